The Kier molecular flexibility index (Phi) is 6.20. The number of carbonyl (C=O) groups excluding carboxylic acids is 1. The van der Waals surface area contributed by atoms with Crippen LogP contribution in [-0.4, -0.2) is 42.5 Å². The van der Waals surface area contributed by atoms with Gasteiger partial charge in [-0.05, 0) is 73.8 Å². The molecule has 0 bridgehead atoms. The van der Waals surface area contributed by atoms with E-state index in [1.807, 2.05) is 18.2 Å². The van der Waals surface area contributed by atoms with Gasteiger partial charge in [-0.25, -0.2) is 0 Å². The van der Waals surface area contributed by atoms with Crippen LogP contribution in [0.4, 0.5) is 11.4 Å². The highest BCUT2D eigenvalue weighted by atomic mass is 16.1. The molecule has 2 unspecified atom stereocenters. The zero-order valence-corrected chi connectivity index (χ0v) is 17.8. The van der Waals surface area contributed by atoms with Crippen molar-refractivity contribution in [3.8, 4) is 6.07 Å². The van der Waals surface area contributed by atoms with Crippen LogP contribution in [0.3, 0.4) is 0 Å². The van der Waals surface area contributed by atoms with Gasteiger partial charge in [0.2, 0.25) is 0 Å². The number of anilines is 2. The Balaban J connectivity index is 1.46. The van der Waals surface area contributed by atoms with Crippen LogP contribution >= 0.6 is 0 Å². The first-order chi connectivity index (χ1) is 15.1. The molecule has 2 aromatic rings. The number of rotatable bonds is 6. The molecule has 5 heteroatoms. The minimum absolute atomic E-state index is 0.196. The molecular weight excluding hydrogens is 384 g/mol. The van der Waals surface area contributed by atoms with Crippen LogP contribution in [0.15, 0.2) is 61.7 Å². The van der Waals surface area contributed by atoms with Gasteiger partial charge in [0.25, 0.3) is 5.91 Å². The van der Waals surface area contributed by atoms with Gasteiger partial charge in [-0.15, -0.1) is 6.58 Å². The molecule has 2 atom stereocenters. The molecule has 0 aliphatic carbocycles. The molecule has 31 heavy (non-hydrogen) atoms. The zero-order valence-electron chi connectivity index (χ0n) is 17.8. The molecule has 5 nitrogen and oxygen atoms in total. The normalized spacial score (nSPS) is 20.9. The van der Waals surface area contributed by atoms with E-state index in [4.69, 9.17) is 5.26 Å². The Morgan fingerprint density at radius 3 is 2.65 bits per heavy atom. The lowest BCUT2D eigenvalue weighted by Crippen LogP contribution is -2.40. The molecule has 2 fully saturated rings. The number of benzene rings is 2. The van der Waals surface area contributed by atoms with E-state index in [1.54, 1.807) is 24.3 Å². The second-order valence-electron chi connectivity index (χ2n) is 8.19. The van der Waals surface area contributed by atoms with Gasteiger partial charge in [0.05, 0.1) is 11.6 Å². The van der Waals surface area contributed by atoms with Crippen LogP contribution in [0.1, 0.15) is 40.7 Å². The summed E-state index contributed by atoms with van der Waals surface area (Å²) in [5, 5.41) is 11.9. The van der Waals surface area contributed by atoms with E-state index >= 15 is 0 Å². The predicted molar refractivity (Wildman–Crippen MR) is 126 cm³/mol. The summed E-state index contributed by atoms with van der Waals surface area (Å²) in [5.74, 6) is -0.196. The zero-order chi connectivity index (χ0) is 21.8. The minimum Gasteiger partial charge on any atom is -0.369 e. The largest absolute Gasteiger partial charge is 0.369 e. The summed E-state index contributed by atoms with van der Waals surface area (Å²) in [4.78, 5) is 17.6. The highest BCUT2D eigenvalue weighted by molar-refractivity contribution is 6.04. The molecule has 2 heterocycles. The van der Waals surface area contributed by atoms with Gasteiger partial charge < -0.3 is 10.2 Å². The number of carbonyl (C=O) groups is 1. The summed E-state index contributed by atoms with van der Waals surface area (Å²) in [6.07, 6.45) is 7.56. The first-order valence-electron chi connectivity index (χ1n) is 10.8. The van der Waals surface area contributed by atoms with Gasteiger partial charge in [0.15, 0.2) is 0 Å². The van der Waals surface area contributed by atoms with Gasteiger partial charge in [-0.2, -0.15) is 5.26 Å². The lowest BCUT2D eigenvalue weighted by atomic mass is 10.1. The highest BCUT2D eigenvalue weighted by Gasteiger charge is 2.34. The van der Waals surface area contributed by atoms with Gasteiger partial charge >= 0.3 is 0 Å². The van der Waals surface area contributed by atoms with E-state index in [0.29, 0.717) is 23.2 Å². The molecule has 2 saturated heterocycles. The van der Waals surface area contributed by atoms with Crippen molar-refractivity contribution in [3.05, 3.63) is 78.4 Å². The average molecular weight is 413 g/mol. The van der Waals surface area contributed by atoms with Crippen molar-refractivity contribution in [3.63, 3.8) is 0 Å². The van der Waals surface area contributed by atoms with Gasteiger partial charge in [-0.1, -0.05) is 18.7 Å². The predicted octanol–water partition coefficient (Wildman–Crippen LogP) is 4.68. The molecule has 0 saturated carbocycles. The van der Waals surface area contributed by atoms with Crippen LogP contribution in [0.25, 0.3) is 6.08 Å². The quantitative estimate of drug-likeness (QED) is 0.700. The van der Waals surface area contributed by atoms with E-state index in [0.717, 1.165) is 43.0 Å². The lowest BCUT2D eigenvalue weighted by molar-refractivity contribution is 0.102. The van der Waals surface area contributed by atoms with E-state index in [2.05, 4.69) is 46.5 Å². The second kappa shape index (κ2) is 9.20. The van der Waals surface area contributed by atoms with Gasteiger partial charge in [0.1, 0.15) is 0 Å². The fourth-order valence-corrected chi connectivity index (χ4v) is 4.74. The second-order valence-corrected chi connectivity index (χ2v) is 8.19. The van der Waals surface area contributed by atoms with Crippen molar-refractivity contribution in [2.75, 3.05) is 29.9 Å². The SMILES string of the molecule is C=Cc1cc(NC(=O)c2ccc(C#N)cc2)ccc1N1CCC(N2CCCC2C=C)C1. The van der Waals surface area contributed by atoms with E-state index < -0.39 is 0 Å². The molecule has 2 aliphatic rings. The molecule has 2 aliphatic heterocycles. The molecule has 158 valence electrons. The molecule has 1 N–H and O–H groups in total. The van der Waals surface area contributed by atoms with E-state index in [-0.39, 0.29) is 5.91 Å². The smallest absolute Gasteiger partial charge is 0.255 e. The standard InChI is InChI=1S/C26H28N4O/c1-3-20-16-22(28-26(31)21-9-7-19(17-27)8-10-21)11-12-25(20)29-15-13-24(18-29)30-14-5-6-23(30)4-2/h3-4,7-12,16,23-24H,1-2,5-6,13-15,18H2,(H,28,31). The third-order valence-electron chi connectivity index (χ3n) is 6.37. The Hall–Kier alpha value is -3.36. The fourth-order valence-electron chi connectivity index (χ4n) is 4.74. The van der Waals surface area contributed by atoms with Crippen molar-refractivity contribution >= 4 is 23.4 Å². The summed E-state index contributed by atoms with van der Waals surface area (Å²) < 4.78 is 0. The summed E-state index contributed by atoms with van der Waals surface area (Å²) >= 11 is 0. The molecule has 0 radical (unpaired) electrons. The lowest BCUT2D eigenvalue weighted by Gasteiger charge is -2.29. The number of nitrogens with zero attached hydrogens (tertiary/aromatic N) is 3. The minimum atomic E-state index is -0.196. The number of hydrogen-bond donors (Lipinski definition) is 1. The third-order valence-corrected chi connectivity index (χ3v) is 6.37. The molecule has 1 amide bonds. The summed E-state index contributed by atoms with van der Waals surface area (Å²) in [5.41, 5.74) is 3.96. The van der Waals surface area contributed by atoms with Crippen LogP contribution < -0.4 is 10.2 Å². The van der Waals surface area contributed by atoms with Crippen molar-refractivity contribution in [1.82, 2.24) is 4.90 Å². The fraction of sp³-hybridized carbons (Fsp3) is 0.308. The summed E-state index contributed by atoms with van der Waals surface area (Å²) in [7, 11) is 0. The Morgan fingerprint density at radius 2 is 1.94 bits per heavy atom. The molecule has 0 aromatic heterocycles. The Bertz CT molecular complexity index is 1020. The summed E-state index contributed by atoms with van der Waals surface area (Å²) in [6.45, 7) is 11.2. The molecule has 4 rings (SSSR count). The maximum Gasteiger partial charge on any atom is 0.255 e. The monoisotopic (exact) mass is 412 g/mol. The molecule has 0 spiro atoms. The van der Waals surface area contributed by atoms with Crippen LogP contribution in [0, 0.1) is 11.3 Å². The Labute approximate surface area is 184 Å². The van der Waals surface area contributed by atoms with Crippen molar-refractivity contribution in [2.24, 2.45) is 0 Å². The number of nitrogens with one attached hydrogen (secondary N) is 1. The first-order valence-corrected chi connectivity index (χ1v) is 10.8. The van der Waals surface area contributed by atoms with Gasteiger partial charge in [0, 0.05) is 42.1 Å². The maximum absolute atomic E-state index is 12.6. The number of hydrogen-bond acceptors (Lipinski definition) is 4. The first kappa shape index (κ1) is 20.9. The van der Waals surface area contributed by atoms with Crippen molar-refractivity contribution in [2.45, 2.75) is 31.3 Å². The van der Waals surface area contributed by atoms with Crippen molar-refractivity contribution < 1.29 is 4.79 Å². The average Bonchev–Trinajstić information content (AvgIpc) is 3.48. The highest BCUT2D eigenvalue weighted by Crippen LogP contribution is 2.32. The molecule has 2 aromatic carbocycles. The summed E-state index contributed by atoms with van der Waals surface area (Å²) in [6, 6.07) is 15.7. The van der Waals surface area contributed by atoms with Crippen LogP contribution in [0.2, 0.25) is 0 Å². The Morgan fingerprint density at radius 1 is 1.13 bits per heavy atom. The number of nitriles is 1. The van der Waals surface area contributed by atoms with Crippen LogP contribution in [0.5, 0.6) is 0 Å². The third kappa shape index (κ3) is 4.40. The van der Waals surface area contributed by atoms with E-state index in [1.165, 1.54) is 12.8 Å². The number of likely N-dealkylation sites (tertiary alicyclic amines) is 1. The number of amides is 1. The topological polar surface area (TPSA) is 59.4 Å². The maximum atomic E-state index is 12.6. The van der Waals surface area contributed by atoms with Crippen LogP contribution in [-0.2, 0) is 0 Å². The van der Waals surface area contributed by atoms with E-state index in [9.17, 15) is 4.79 Å². The van der Waals surface area contributed by atoms with Crippen molar-refractivity contribution in [1.29, 1.82) is 5.26 Å². The van der Waals surface area contributed by atoms with Gasteiger partial charge in [-0.3, -0.25) is 9.69 Å². The molecular formula is C26H28N4O.